The topological polar surface area (TPSA) is 112 Å². The highest BCUT2D eigenvalue weighted by atomic mass is 32.2. The number of methoxy groups -OCH3 is 1. The average molecular weight is 386 g/mol. The molecule has 0 spiro atoms. The third-order valence-electron chi connectivity index (χ3n) is 3.95. The SMILES string of the molecule is COC(=O)c1cc(CSc2nnc(C[C@@H]3CCS(=O)(=O)C3)o2)oc1C. The average Bonchev–Trinajstić information content (AvgIpc) is 3.24. The van der Waals surface area contributed by atoms with Gasteiger partial charge in [-0.2, -0.15) is 0 Å². The number of esters is 1. The summed E-state index contributed by atoms with van der Waals surface area (Å²) in [6.45, 7) is 1.70. The lowest BCUT2D eigenvalue weighted by Crippen LogP contribution is -2.07. The van der Waals surface area contributed by atoms with Gasteiger partial charge in [-0.05, 0) is 25.3 Å². The normalized spacial score (nSPS) is 19.2. The van der Waals surface area contributed by atoms with Gasteiger partial charge in [-0.3, -0.25) is 0 Å². The van der Waals surface area contributed by atoms with Crippen LogP contribution in [0, 0.1) is 12.8 Å². The number of furan rings is 1. The number of sulfone groups is 1. The molecular formula is C15H18N2O6S2. The zero-order valence-corrected chi connectivity index (χ0v) is 15.5. The molecule has 3 heterocycles. The second-order valence-corrected chi connectivity index (χ2v) is 9.05. The Morgan fingerprint density at radius 2 is 2.20 bits per heavy atom. The van der Waals surface area contributed by atoms with Gasteiger partial charge in [0.05, 0.1) is 24.4 Å². The van der Waals surface area contributed by atoms with Crippen LogP contribution in [0.4, 0.5) is 0 Å². The van der Waals surface area contributed by atoms with Crippen LogP contribution in [0.1, 0.15) is 34.2 Å². The monoisotopic (exact) mass is 386 g/mol. The number of rotatable bonds is 6. The molecule has 0 radical (unpaired) electrons. The van der Waals surface area contributed by atoms with Crippen LogP contribution in [0.5, 0.6) is 0 Å². The maximum Gasteiger partial charge on any atom is 0.341 e. The highest BCUT2D eigenvalue weighted by Crippen LogP contribution is 2.27. The van der Waals surface area contributed by atoms with E-state index in [9.17, 15) is 13.2 Å². The van der Waals surface area contributed by atoms with Gasteiger partial charge in [0.1, 0.15) is 17.1 Å². The van der Waals surface area contributed by atoms with Crippen molar-refractivity contribution in [3.63, 3.8) is 0 Å². The Hall–Kier alpha value is -1.81. The number of thioether (sulfide) groups is 1. The molecule has 1 aliphatic rings. The predicted molar refractivity (Wildman–Crippen MR) is 89.1 cm³/mol. The number of aryl methyl sites for hydroxylation is 1. The molecule has 0 bridgehead atoms. The number of carbonyl (C=O) groups excluding carboxylic acids is 1. The van der Waals surface area contributed by atoms with Crippen LogP contribution in [0.2, 0.25) is 0 Å². The first-order valence-electron chi connectivity index (χ1n) is 7.69. The van der Waals surface area contributed by atoms with Gasteiger partial charge >= 0.3 is 5.97 Å². The lowest BCUT2D eigenvalue weighted by Gasteiger charge is -2.01. The van der Waals surface area contributed by atoms with Crippen molar-refractivity contribution >= 4 is 27.6 Å². The van der Waals surface area contributed by atoms with Crippen LogP contribution in [0.3, 0.4) is 0 Å². The molecule has 10 heteroatoms. The molecule has 0 aromatic carbocycles. The lowest BCUT2D eigenvalue weighted by molar-refractivity contribution is 0.0599. The number of carbonyl (C=O) groups is 1. The van der Waals surface area contributed by atoms with Crippen LogP contribution >= 0.6 is 11.8 Å². The molecule has 0 amide bonds. The zero-order valence-electron chi connectivity index (χ0n) is 13.9. The van der Waals surface area contributed by atoms with Gasteiger partial charge in [0.2, 0.25) is 5.89 Å². The van der Waals surface area contributed by atoms with Crippen molar-refractivity contribution in [2.45, 2.75) is 30.7 Å². The Balaban J connectivity index is 1.56. The third kappa shape index (κ3) is 4.43. The minimum atomic E-state index is -2.91. The van der Waals surface area contributed by atoms with E-state index in [1.807, 2.05) is 0 Å². The fourth-order valence-electron chi connectivity index (χ4n) is 2.72. The molecule has 1 fully saturated rings. The zero-order chi connectivity index (χ0) is 18.0. The summed E-state index contributed by atoms with van der Waals surface area (Å²) in [4.78, 5) is 11.6. The van der Waals surface area contributed by atoms with E-state index < -0.39 is 15.8 Å². The molecule has 136 valence electrons. The molecule has 1 atom stereocenters. The van der Waals surface area contributed by atoms with E-state index in [4.69, 9.17) is 8.83 Å². The van der Waals surface area contributed by atoms with Crippen molar-refractivity contribution in [1.82, 2.24) is 10.2 Å². The highest BCUT2D eigenvalue weighted by molar-refractivity contribution is 7.98. The lowest BCUT2D eigenvalue weighted by atomic mass is 10.1. The number of hydrogen-bond acceptors (Lipinski definition) is 9. The summed E-state index contributed by atoms with van der Waals surface area (Å²) >= 11 is 1.29. The van der Waals surface area contributed by atoms with Gasteiger partial charge in [0, 0.05) is 6.42 Å². The Morgan fingerprint density at radius 3 is 2.88 bits per heavy atom. The summed E-state index contributed by atoms with van der Waals surface area (Å²) in [5.41, 5.74) is 0.395. The van der Waals surface area contributed by atoms with Crippen LogP contribution < -0.4 is 0 Å². The second-order valence-electron chi connectivity index (χ2n) is 5.90. The van der Waals surface area contributed by atoms with Crippen molar-refractivity contribution in [3.05, 3.63) is 29.0 Å². The van der Waals surface area contributed by atoms with E-state index in [0.29, 0.717) is 46.8 Å². The highest BCUT2D eigenvalue weighted by Gasteiger charge is 2.29. The molecule has 25 heavy (non-hydrogen) atoms. The molecule has 0 saturated carbocycles. The van der Waals surface area contributed by atoms with Gasteiger partial charge < -0.3 is 13.6 Å². The summed E-state index contributed by atoms with van der Waals surface area (Å²) in [6, 6.07) is 1.63. The molecule has 2 aromatic heterocycles. The predicted octanol–water partition coefficient (Wildman–Crippen LogP) is 2.03. The standard InChI is InChI=1S/C15H18N2O6S2/c1-9-12(14(18)21-2)6-11(22-9)7-24-15-17-16-13(23-15)5-10-3-4-25(19,20)8-10/h6,10H,3-5,7-8H2,1-2H3/t10-/m0/s1. The third-order valence-corrected chi connectivity index (χ3v) is 6.63. The van der Waals surface area contributed by atoms with Crippen LogP contribution in [-0.4, -0.2) is 43.2 Å². The Labute approximate surface area is 149 Å². The van der Waals surface area contributed by atoms with Crippen molar-refractivity contribution < 1.29 is 26.8 Å². The number of nitrogens with zero attached hydrogens (tertiary/aromatic N) is 2. The quantitative estimate of drug-likeness (QED) is 0.543. The molecule has 8 nitrogen and oxygen atoms in total. The smallest absolute Gasteiger partial charge is 0.341 e. The number of aromatic nitrogens is 2. The summed E-state index contributed by atoms with van der Waals surface area (Å²) in [5, 5.41) is 8.30. The maximum atomic E-state index is 11.6. The van der Waals surface area contributed by atoms with E-state index in [2.05, 4.69) is 14.9 Å². The summed E-state index contributed by atoms with van der Waals surface area (Å²) < 4.78 is 38.7. The van der Waals surface area contributed by atoms with Crippen LogP contribution in [0.15, 0.2) is 20.1 Å². The number of ether oxygens (including phenoxy) is 1. The number of hydrogen-bond donors (Lipinski definition) is 0. The Bertz CT molecular complexity index is 870. The van der Waals surface area contributed by atoms with Crippen molar-refractivity contribution in [2.75, 3.05) is 18.6 Å². The first kappa shape index (κ1) is 18.0. The van der Waals surface area contributed by atoms with Crippen molar-refractivity contribution in [2.24, 2.45) is 5.92 Å². The molecule has 1 saturated heterocycles. The molecular weight excluding hydrogens is 368 g/mol. The first-order valence-corrected chi connectivity index (χ1v) is 10.5. The van der Waals surface area contributed by atoms with Gasteiger partial charge in [0.25, 0.3) is 5.22 Å². The van der Waals surface area contributed by atoms with Gasteiger partial charge in [-0.15, -0.1) is 10.2 Å². The van der Waals surface area contributed by atoms with Gasteiger partial charge in [-0.1, -0.05) is 11.8 Å². The van der Waals surface area contributed by atoms with Gasteiger partial charge in [-0.25, -0.2) is 13.2 Å². The summed E-state index contributed by atoms with van der Waals surface area (Å²) in [5.74, 6) is 1.98. The van der Waals surface area contributed by atoms with Crippen LogP contribution in [0.25, 0.3) is 0 Å². The molecule has 0 aliphatic carbocycles. The minimum Gasteiger partial charge on any atom is -0.465 e. The van der Waals surface area contributed by atoms with E-state index in [-0.39, 0.29) is 17.4 Å². The molecule has 2 aromatic rings. The summed E-state index contributed by atoms with van der Waals surface area (Å²) in [6.07, 6.45) is 1.11. The largest absolute Gasteiger partial charge is 0.465 e. The van der Waals surface area contributed by atoms with Crippen LogP contribution in [-0.2, 0) is 26.7 Å². The molecule has 0 N–H and O–H groups in total. The Morgan fingerprint density at radius 1 is 1.40 bits per heavy atom. The first-order chi connectivity index (χ1) is 11.9. The van der Waals surface area contributed by atoms with Crippen molar-refractivity contribution in [1.29, 1.82) is 0 Å². The van der Waals surface area contributed by atoms with E-state index in [1.54, 1.807) is 13.0 Å². The minimum absolute atomic E-state index is 0.0404. The maximum absolute atomic E-state index is 11.6. The van der Waals surface area contributed by atoms with Gasteiger partial charge in [0.15, 0.2) is 9.84 Å². The molecule has 0 unspecified atom stereocenters. The van der Waals surface area contributed by atoms with E-state index in [0.717, 1.165) is 0 Å². The summed E-state index contributed by atoms with van der Waals surface area (Å²) in [7, 11) is -1.59. The fraction of sp³-hybridized carbons (Fsp3) is 0.533. The second kappa shape index (κ2) is 7.20. The molecule has 1 aliphatic heterocycles. The van der Waals surface area contributed by atoms with Crippen molar-refractivity contribution in [3.8, 4) is 0 Å². The van der Waals surface area contributed by atoms with E-state index in [1.165, 1.54) is 18.9 Å². The Kier molecular flexibility index (Phi) is 5.19. The van der Waals surface area contributed by atoms with E-state index >= 15 is 0 Å². The molecule has 3 rings (SSSR count). The fourth-order valence-corrected chi connectivity index (χ4v) is 5.24.